The lowest BCUT2D eigenvalue weighted by molar-refractivity contribution is 0.0762. The summed E-state index contributed by atoms with van der Waals surface area (Å²) in [6.45, 7) is 10.5. The summed E-state index contributed by atoms with van der Waals surface area (Å²) in [5, 5.41) is 3.35. The van der Waals surface area contributed by atoms with E-state index in [9.17, 15) is 13.2 Å². The zero-order chi connectivity index (χ0) is 24.3. The number of sulfonamides is 1. The molecule has 0 atom stereocenters. The van der Waals surface area contributed by atoms with Gasteiger partial charge in [-0.15, -0.1) is 0 Å². The predicted molar refractivity (Wildman–Crippen MR) is 137 cm³/mol. The summed E-state index contributed by atoms with van der Waals surface area (Å²) in [7, 11) is -3.79. The second-order valence-electron chi connectivity index (χ2n) is 9.48. The molecule has 2 aromatic rings. The van der Waals surface area contributed by atoms with Gasteiger partial charge in [0.1, 0.15) is 0 Å². The smallest absolute Gasteiger partial charge is 0.262 e. The van der Waals surface area contributed by atoms with Crippen LogP contribution in [0.3, 0.4) is 0 Å². The molecular formula is C26H36N4O3S. The van der Waals surface area contributed by atoms with E-state index in [0.717, 1.165) is 81.8 Å². The van der Waals surface area contributed by atoms with Crippen LogP contribution < -0.4 is 14.9 Å². The second kappa shape index (κ2) is 10.4. The van der Waals surface area contributed by atoms with E-state index in [-0.39, 0.29) is 10.8 Å². The average molecular weight is 485 g/mol. The summed E-state index contributed by atoms with van der Waals surface area (Å²) in [5.41, 5.74) is 4.55. The zero-order valence-corrected chi connectivity index (χ0v) is 21.3. The molecular weight excluding hydrogens is 448 g/mol. The minimum atomic E-state index is -3.79. The van der Waals surface area contributed by atoms with Crippen molar-refractivity contribution in [1.29, 1.82) is 0 Å². The van der Waals surface area contributed by atoms with Gasteiger partial charge in [-0.2, -0.15) is 0 Å². The number of likely N-dealkylation sites (tertiary alicyclic amines) is 1. The first-order chi connectivity index (χ1) is 16.3. The molecule has 0 bridgehead atoms. The Morgan fingerprint density at radius 2 is 1.50 bits per heavy atom. The van der Waals surface area contributed by atoms with Gasteiger partial charge < -0.3 is 15.1 Å². The molecule has 184 valence electrons. The largest absolute Gasteiger partial charge is 0.368 e. The quantitative estimate of drug-likeness (QED) is 0.674. The van der Waals surface area contributed by atoms with Crippen LogP contribution in [0.5, 0.6) is 0 Å². The van der Waals surface area contributed by atoms with Crippen molar-refractivity contribution in [2.75, 3.05) is 48.9 Å². The Labute approximate surface area is 203 Å². The molecule has 1 amide bonds. The van der Waals surface area contributed by atoms with Gasteiger partial charge in [-0.05, 0) is 74.6 Å². The van der Waals surface area contributed by atoms with Gasteiger partial charge >= 0.3 is 0 Å². The molecule has 0 aliphatic carbocycles. The number of amides is 1. The molecule has 2 aliphatic rings. The van der Waals surface area contributed by atoms with Crippen molar-refractivity contribution in [3.05, 3.63) is 52.6 Å². The molecule has 2 aliphatic heterocycles. The average Bonchev–Trinajstić information content (AvgIpc) is 3.11. The molecule has 2 N–H and O–H groups in total. The molecule has 2 fully saturated rings. The summed E-state index contributed by atoms with van der Waals surface area (Å²) in [5.74, 6) is -0.0150. The van der Waals surface area contributed by atoms with Gasteiger partial charge in [0.15, 0.2) is 0 Å². The topological polar surface area (TPSA) is 81.8 Å². The van der Waals surface area contributed by atoms with E-state index in [1.165, 1.54) is 0 Å². The predicted octanol–water partition coefficient (Wildman–Crippen LogP) is 3.84. The molecule has 2 saturated heterocycles. The standard InChI is InChI=1S/C26H36N4O3S/c1-19-16-21(3)25(17-20(19)2)34(32,33)28-22-8-9-24(29-14-10-27-11-15-29)23(18-22)26(31)30-12-6-4-5-7-13-30/h8-9,16-18,27-28H,4-7,10-15H2,1-3H3. The van der Waals surface area contributed by atoms with Crippen LogP contribution in [0.25, 0.3) is 0 Å². The van der Waals surface area contributed by atoms with E-state index in [4.69, 9.17) is 0 Å². The monoisotopic (exact) mass is 484 g/mol. The molecule has 2 aromatic carbocycles. The van der Waals surface area contributed by atoms with Crippen molar-refractivity contribution < 1.29 is 13.2 Å². The minimum absolute atomic E-state index is 0.0150. The first-order valence-electron chi connectivity index (χ1n) is 12.3. The van der Waals surface area contributed by atoms with Crippen LogP contribution in [0.4, 0.5) is 11.4 Å². The SMILES string of the molecule is Cc1cc(C)c(S(=O)(=O)Nc2ccc(N3CCNCC3)c(C(=O)N3CCCCCC3)c2)cc1C. The van der Waals surface area contributed by atoms with Gasteiger partial charge in [0.05, 0.1) is 10.5 Å². The molecule has 0 radical (unpaired) electrons. The zero-order valence-electron chi connectivity index (χ0n) is 20.5. The fourth-order valence-electron chi connectivity index (χ4n) is 4.83. The van der Waals surface area contributed by atoms with E-state index in [1.54, 1.807) is 18.2 Å². The van der Waals surface area contributed by atoms with E-state index in [0.29, 0.717) is 16.8 Å². The highest BCUT2D eigenvalue weighted by atomic mass is 32.2. The Morgan fingerprint density at radius 1 is 0.853 bits per heavy atom. The molecule has 34 heavy (non-hydrogen) atoms. The summed E-state index contributed by atoms with van der Waals surface area (Å²) in [4.78, 5) is 18.1. The van der Waals surface area contributed by atoms with Gasteiger partial charge in [-0.3, -0.25) is 9.52 Å². The highest BCUT2D eigenvalue weighted by Crippen LogP contribution is 2.29. The summed E-state index contributed by atoms with van der Waals surface area (Å²) in [6, 6.07) is 8.99. The lowest BCUT2D eigenvalue weighted by Gasteiger charge is -2.32. The number of nitrogens with one attached hydrogen (secondary N) is 2. The van der Waals surface area contributed by atoms with Crippen LogP contribution in [0.15, 0.2) is 35.2 Å². The molecule has 7 nitrogen and oxygen atoms in total. The minimum Gasteiger partial charge on any atom is -0.368 e. The van der Waals surface area contributed by atoms with E-state index in [2.05, 4.69) is 14.9 Å². The molecule has 4 rings (SSSR count). The third-order valence-electron chi connectivity index (χ3n) is 6.91. The Bertz CT molecular complexity index is 1150. The van der Waals surface area contributed by atoms with Crippen LogP contribution in [-0.4, -0.2) is 58.5 Å². The maximum atomic E-state index is 13.6. The summed E-state index contributed by atoms with van der Waals surface area (Å²) in [6.07, 6.45) is 4.30. The highest BCUT2D eigenvalue weighted by molar-refractivity contribution is 7.92. The Balaban J connectivity index is 1.69. The van der Waals surface area contributed by atoms with Crippen molar-refractivity contribution in [3.8, 4) is 0 Å². The number of benzene rings is 2. The van der Waals surface area contributed by atoms with E-state index >= 15 is 0 Å². The molecule has 2 heterocycles. The molecule has 0 spiro atoms. The van der Waals surface area contributed by atoms with Gasteiger partial charge in [-0.1, -0.05) is 18.9 Å². The fraction of sp³-hybridized carbons (Fsp3) is 0.500. The number of rotatable bonds is 5. The number of nitrogens with zero attached hydrogens (tertiary/aromatic N) is 2. The summed E-state index contributed by atoms with van der Waals surface area (Å²) < 4.78 is 29.3. The van der Waals surface area contributed by atoms with Gasteiger partial charge in [0.2, 0.25) is 0 Å². The first kappa shape index (κ1) is 24.5. The van der Waals surface area contributed by atoms with Crippen LogP contribution in [0.1, 0.15) is 52.7 Å². The Morgan fingerprint density at radius 3 is 2.18 bits per heavy atom. The van der Waals surface area contributed by atoms with Crippen molar-refractivity contribution in [2.45, 2.75) is 51.3 Å². The Kier molecular flexibility index (Phi) is 7.48. The number of carbonyl (C=O) groups is 1. The number of hydrogen-bond acceptors (Lipinski definition) is 5. The van der Waals surface area contributed by atoms with E-state index in [1.807, 2.05) is 37.8 Å². The number of piperazine rings is 1. The lowest BCUT2D eigenvalue weighted by atomic mass is 10.1. The number of carbonyl (C=O) groups excluding carboxylic acids is 1. The van der Waals surface area contributed by atoms with Crippen LogP contribution in [0, 0.1) is 20.8 Å². The third kappa shape index (κ3) is 5.39. The number of hydrogen-bond donors (Lipinski definition) is 2. The van der Waals surface area contributed by atoms with Gasteiger partial charge in [0, 0.05) is 50.6 Å². The normalized spacial score (nSPS) is 17.4. The van der Waals surface area contributed by atoms with Crippen molar-refractivity contribution in [2.24, 2.45) is 0 Å². The highest BCUT2D eigenvalue weighted by Gasteiger charge is 2.25. The van der Waals surface area contributed by atoms with Gasteiger partial charge in [0.25, 0.3) is 15.9 Å². The molecule has 0 saturated carbocycles. The van der Waals surface area contributed by atoms with Crippen molar-refractivity contribution in [1.82, 2.24) is 10.2 Å². The van der Waals surface area contributed by atoms with Crippen molar-refractivity contribution in [3.63, 3.8) is 0 Å². The number of aryl methyl sites for hydroxylation is 3. The van der Waals surface area contributed by atoms with Crippen LogP contribution in [0.2, 0.25) is 0 Å². The second-order valence-corrected chi connectivity index (χ2v) is 11.1. The Hall–Kier alpha value is -2.58. The van der Waals surface area contributed by atoms with Crippen LogP contribution in [-0.2, 0) is 10.0 Å². The summed E-state index contributed by atoms with van der Waals surface area (Å²) >= 11 is 0. The number of anilines is 2. The molecule has 0 aromatic heterocycles. The maximum Gasteiger partial charge on any atom is 0.262 e. The maximum absolute atomic E-state index is 13.6. The first-order valence-corrected chi connectivity index (χ1v) is 13.7. The third-order valence-corrected chi connectivity index (χ3v) is 8.43. The van der Waals surface area contributed by atoms with Crippen LogP contribution >= 0.6 is 0 Å². The molecule has 8 heteroatoms. The van der Waals surface area contributed by atoms with E-state index < -0.39 is 10.0 Å². The fourth-order valence-corrected chi connectivity index (χ4v) is 6.19. The lowest BCUT2D eigenvalue weighted by Crippen LogP contribution is -2.44. The van der Waals surface area contributed by atoms with Crippen molar-refractivity contribution >= 4 is 27.3 Å². The van der Waals surface area contributed by atoms with Gasteiger partial charge in [-0.25, -0.2) is 8.42 Å². The molecule has 0 unspecified atom stereocenters.